The minimum absolute atomic E-state index is 0.127. The maximum atomic E-state index is 12.7. The first-order valence-corrected chi connectivity index (χ1v) is 9.07. The molecule has 0 aliphatic carbocycles. The lowest BCUT2D eigenvalue weighted by molar-refractivity contribution is -0.115. The zero-order valence-electron chi connectivity index (χ0n) is 14.7. The van der Waals surface area contributed by atoms with Crippen LogP contribution in [0.5, 0.6) is 0 Å². The van der Waals surface area contributed by atoms with Crippen molar-refractivity contribution in [3.05, 3.63) is 48.2 Å². The van der Waals surface area contributed by atoms with Gasteiger partial charge >= 0.3 is 0 Å². The number of thioether (sulfide) groups is 1. The number of hydrogen-bond acceptors (Lipinski definition) is 6. The van der Waals surface area contributed by atoms with Crippen molar-refractivity contribution < 1.29 is 14.4 Å². The van der Waals surface area contributed by atoms with Gasteiger partial charge in [-0.15, -0.1) is 10.2 Å². The van der Waals surface area contributed by atoms with Crippen LogP contribution in [0.15, 0.2) is 47.8 Å². The van der Waals surface area contributed by atoms with E-state index in [0.717, 1.165) is 0 Å². The summed E-state index contributed by atoms with van der Waals surface area (Å²) in [6, 6.07) is 10.3. The Morgan fingerprint density at radius 3 is 2.56 bits per heavy atom. The van der Waals surface area contributed by atoms with Crippen LogP contribution in [0.4, 0.5) is 11.4 Å². The van der Waals surface area contributed by atoms with Gasteiger partial charge in [-0.25, -0.2) is 0 Å². The van der Waals surface area contributed by atoms with Gasteiger partial charge in [0, 0.05) is 31.3 Å². The smallest absolute Gasteiger partial charge is 0.221 e. The largest absolute Gasteiger partial charge is 0.326 e. The number of rotatable bonds is 6. The summed E-state index contributed by atoms with van der Waals surface area (Å²) in [4.78, 5) is 35.4. The molecule has 0 aliphatic heterocycles. The standard InChI is InChI=1S/C18H17N5O3S/c1-11(24)19-13-6-7-14(15(9-13)20-12(2)25)16(26)10-27-18-22-21-17-5-3-4-8-23(17)18/h3-9H,10H2,1-2H3,(H,19,24)(H,20,25). The highest BCUT2D eigenvalue weighted by Crippen LogP contribution is 2.25. The number of pyridine rings is 1. The van der Waals surface area contributed by atoms with Crippen molar-refractivity contribution in [3.63, 3.8) is 0 Å². The summed E-state index contributed by atoms with van der Waals surface area (Å²) < 4.78 is 1.80. The molecule has 0 saturated heterocycles. The Labute approximate surface area is 159 Å². The fraction of sp³-hybridized carbons (Fsp3) is 0.167. The van der Waals surface area contributed by atoms with Crippen LogP contribution in [0.25, 0.3) is 5.65 Å². The molecule has 1 aromatic carbocycles. The van der Waals surface area contributed by atoms with Crippen molar-refractivity contribution in [1.82, 2.24) is 14.6 Å². The number of nitrogens with zero attached hydrogens (tertiary/aromatic N) is 3. The number of fused-ring (bicyclic) bond motifs is 1. The van der Waals surface area contributed by atoms with E-state index in [2.05, 4.69) is 20.8 Å². The number of carbonyl (C=O) groups is 3. The molecule has 0 aliphatic rings. The van der Waals surface area contributed by atoms with E-state index >= 15 is 0 Å². The molecular weight excluding hydrogens is 366 g/mol. The Balaban J connectivity index is 1.80. The van der Waals surface area contributed by atoms with Crippen LogP contribution in [0.3, 0.4) is 0 Å². The third-order valence-electron chi connectivity index (χ3n) is 3.57. The number of ketones is 1. The maximum Gasteiger partial charge on any atom is 0.221 e. The molecule has 0 bridgehead atoms. The first-order chi connectivity index (χ1) is 12.9. The zero-order valence-corrected chi connectivity index (χ0v) is 15.5. The molecule has 27 heavy (non-hydrogen) atoms. The predicted octanol–water partition coefficient (Wildman–Crippen LogP) is 2.62. The van der Waals surface area contributed by atoms with Gasteiger partial charge in [0.25, 0.3) is 0 Å². The van der Waals surface area contributed by atoms with Crippen molar-refractivity contribution in [2.24, 2.45) is 0 Å². The Kier molecular flexibility index (Phi) is 5.51. The van der Waals surface area contributed by atoms with Crippen LogP contribution < -0.4 is 10.6 Å². The van der Waals surface area contributed by atoms with E-state index in [1.165, 1.54) is 25.6 Å². The highest BCUT2D eigenvalue weighted by Gasteiger charge is 2.16. The van der Waals surface area contributed by atoms with Gasteiger partial charge in [-0.1, -0.05) is 17.8 Å². The monoisotopic (exact) mass is 383 g/mol. The highest BCUT2D eigenvalue weighted by molar-refractivity contribution is 7.99. The van der Waals surface area contributed by atoms with E-state index in [9.17, 15) is 14.4 Å². The molecule has 3 rings (SSSR count). The van der Waals surface area contributed by atoms with Gasteiger partial charge in [-0.3, -0.25) is 18.8 Å². The Hall–Kier alpha value is -3.20. The molecule has 2 amide bonds. The zero-order chi connectivity index (χ0) is 19.4. The number of nitrogens with one attached hydrogen (secondary N) is 2. The van der Waals surface area contributed by atoms with E-state index < -0.39 is 0 Å². The van der Waals surface area contributed by atoms with Crippen molar-refractivity contribution in [2.75, 3.05) is 16.4 Å². The maximum absolute atomic E-state index is 12.7. The van der Waals surface area contributed by atoms with E-state index in [1.807, 2.05) is 24.4 Å². The number of benzene rings is 1. The summed E-state index contributed by atoms with van der Waals surface area (Å²) in [5.74, 6) is -0.593. The molecule has 2 N–H and O–H groups in total. The minimum atomic E-state index is -0.305. The summed E-state index contributed by atoms with van der Waals surface area (Å²) in [7, 11) is 0. The lowest BCUT2D eigenvalue weighted by Crippen LogP contribution is -2.14. The molecule has 138 valence electrons. The number of anilines is 2. The van der Waals surface area contributed by atoms with Crippen LogP contribution >= 0.6 is 11.8 Å². The number of carbonyl (C=O) groups excluding carboxylic acids is 3. The van der Waals surface area contributed by atoms with Crippen LogP contribution in [0, 0.1) is 0 Å². The second kappa shape index (κ2) is 8.00. The summed E-state index contributed by atoms with van der Waals surface area (Å²) in [5.41, 5.74) is 1.91. The van der Waals surface area contributed by atoms with Crippen molar-refractivity contribution in [1.29, 1.82) is 0 Å². The van der Waals surface area contributed by atoms with Crippen molar-refractivity contribution in [2.45, 2.75) is 19.0 Å². The number of hydrogen-bond donors (Lipinski definition) is 2. The molecule has 0 radical (unpaired) electrons. The molecule has 9 heteroatoms. The van der Waals surface area contributed by atoms with Gasteiger partial charge < -0.3 is 10.6 Å². The molecule has 2 aromatic heterocycles. The van der Waals surface area contributed by atoms with Gasteiger partial charge in [-0.05, 0) is 30.3 Å². The van der Waals surface area contributed by atoms with Gasteiger partial charge in [0.05, 0.1) is 11.4 Å². The van der Waals surface area contributed by atoms with E-state index in [0.29, 0.717) is 27.7 Å². The molecular formula is C18H17N5O3S. The predicted molar refractivity (Wildman–Crippen MR) is 103 cm³/mol. The molecule has 0 atom stereocenters. The van der Waals surface area contributed by atoms with Crippen LogP contribution in [0.1, 0.15) is 24.2 Å². The first kappa shape index (κ1) is 18.6. The quantitative estimate of drug-likeness (QED) is 0.501. The normalized spacial score (nSPS) is 10.6. The first-order valence-electron chi connectivity index (χ1n) is 8.09. The number of Topliss-reactive ketones (excluding diaryl/α,β-unsaturated/α-hetero) is 1. The van der Waals surface area contributed by atoms with Crippen molar-refractivity contribution in [3.8, 4) is 0 Å². The fourth-order valence-electron chi connectivity index (χ4n) is 2.49. The molecule has 0 saturated carbocycles. The molecule has 0 unspecified atom stereocenters. The van der Waals surface area contributed by atoms with Gasteiger partial charge in [-0.2, -0.15) is 0 Å². The average Bonchev–Trinajstić information content (AvgIpc) is 3.02. The van der Waals surface area contributed by atoms with Gasteiger partial charge in [0.2, 0.25) is 11.8 Å². The lowest BCUT2D eigenvalue weighted by atomic mass is 10.1. The summed E-state index contributed by atoms with van der Waals surface area (Å²) >= 11 is 1.26. The molecule has 0 spiro atoms. The minimum Gasteiger partial charge on any atom is -0.326 e. The van der Waals surface area contributed by atoms with Crippen LogP contribution in [0.2, 0.25) is 0 Å². The number of aromatic nitrogens is 3. The SMILES string of the molecule is CC(=O)Nc1ccc(C(=O)CSc2nnc3ccccn23)c(NC(C)=O)c1. The highest BCUT2D eigenvalue weighted by atomic mass is 32.2. The van der Waals surface area contributed by atoms with Crippen LogP contribution in [-0.4, -0.2) is 37.9 Å². The van der Waals surface area contributed by atoms with Gasteiger partial charge in [0.15, 0.2) is 16.6 Å². The summed E-state index contributed by atoms with van der Waals surface area (Å²) in [5, 5.41) is 14.0. The Bertz CT molecular complexity index is 1030. The topological polar surface area (TPSA) is 105 Å². The molecule has 0 fully saturated rings. The van der Waals surface area contributed by atoms with E-state index in [1.54, 1.807) is 22.6 Å². The molecule has 8 nitrogen and oxygen atoms in total. The number of amides is 2. The molecule has 2 heterocycles. The Morgan fingerprint density at radius 1 is 1.04 bits per heavy atom. The molecule has 3 aromatic rings. The summed E-state index contributed by atoms with van der Waals surface area (Å²) in [6.07, 6.45) is 1.83. The van der Waals surface area contributed by atoms with Crippen molar-refractivity contribution >= 4 is 46.4 Å². The summed E-state index contributed by atoms with van der Waals surface area (Å²) in [6.45, 7) is 2.74. The van der Waals surface area contributed by atoms with E-state index in [4.69, 9.17) is 0 Å². The third-order valence-corrected chi connectivity index (χ3v) is 4.51. The van der Waals surface area contributed by atoms with Crippen LogP contribution in [-0.2, 0) is 9.59 Å². The van der Waals surface area contributed by atoms with E-state index in [-0.39, 0.29) is 23.4 Å². The second-order valence-electron chi connectivity index (χ2n) is 5.75. The Morgan fingerprint density at radius 2 is 1.81 bits per heavy atom. The average molecular weight is 383 g/mol. The van der Waals surface area contributed by atoms with Gasteiger partial charge in [0.1, 0.15) is 0 Å². The fourth-order valence-corrected chi connectivity index (χ4v) is 3.29. The lowest BCUT2D eigenvalue weighted by Gasteiger charge is -2.11. The third kappa shape index (κ3) is 4.50. The second-order valence-corrected chi connectivity index (χ2v) is 6.69.